The molecule has 2 heteroatoms. The summed E-state index contributed by atoms with van der Waals surface area (Å²) in [4.78, 5) is 5.67. The summed E-state index contributed by atoms with van der Waals surface area (Å²) in [5, 5.41) is 1.26. The van der Waals surface area contributed by atoms with Gasteiger partial charge in [0.1, 0.15) is 0 Å². The summed E-state index contributed by atoms with van der Waals surface area (Å²) in [5.41, 5.74) is 8.80. The highest BCUT2D eigenvalue weighted by atomic mass is 15.1. The molecule has 164 valence electrons. The molecule has 2 nitrogen and oxygen atoms in total. The lowest BCUT2D eigenvalue weighted by Gasteiger charge is -2.16. The number of fused-ring (bicyclic) bond motifs is 1. The van der Waals surface area contributed by atoms with E-state index in [9.17, 15) is 0 Å². The molecule has 0 fully saturated rings. The molecule has 0 radical (unpaired) electrons. The van der Waals surface area contributed by atoms with Crippen LogP contribution in [0, 0.1) is 0 Å². The number of nitrogens with one attached hydrogen (secondary N) is 1. The summed E-state index contributed by atoms with van der Waals surface area (Å²) < 4.78 is 0. The Balaban J connectivity index is 1.84. The van der Waals surface area contributed by atoms with Gasteiger partial charge in [-0.1, -0.05) is 62.6 Å². The zero-order valence-electron chi connectivity index (χ0n) is 19.4. The first-order valence-corrected chi connectivity index (χ1v) is 11.3. The van der Waals surface area contributed by atoms with Gasteiger partial charge in [-0.05, 0) is 89.8 Å². The molecule has 0 amide bonds. The van der Waals surface area contributed by atoms with Crippen molar-refractivity contribution in [3.8, 4) is 0 Å². The van der Waals surface area contributed by atoms with E-state index in [2.05, 4.69) is 104 Å². The number of hydrogen-bond acceptors (Lipinski definition) is 1. The first-order chi connectivity index (χ1) is 16.1. The first-order valence-electron chi connectivity index (χ1n) is 11.3. The van der Waals surface area contributed by atoms with Gasteiger partial charge in [-0.3, -0.25) is 0 Å². The molecule has 2 heterocycles. The molecule has 1 aliphatic heterocycles. The zero-order valence-corrected chi connectivity index (χ0v) is 19.4. The van der Waals surface area contributed by atoms with Gasteiger partial charge in [-0.15, -0.1) is 0 Å². The number of aryl methyl sites for hydroxylation is 1. The molecule has 0 spiro atoms. The minimum atomic E-state index is 0.894. The summed E-state index contributed by atoms with van der Waals surface area (Å²) in [6.45, 7) is 12.7. The smallest absolute Gasteiger partial charge is 0.0461 e. The molecule has 1 aliphatic rings. The van der Waals surface area contributed by atoms with Crippen LogP contribution in [0.15, 0.2) is 122 Å². The molecular formula is C31H30N2. The van der Waals surface area contributed by atoms with E-state index in [-0.39, 0.29) is 0 Å². The van der Waals surface area contributed by atoms with Gasteiger partial charge in [0.15, 0.2) is 0 Å². The van der Waals surface area contributed by atoms with Gasteiger partial charge in [0.25, 0.3) is 0 Å². The average Bonchev–Trinajstić information content (AvgIpc) is 3.17. The second-order valence-electron chi connectivity index (χ2n) is 8.04. The number of para-hydroxylation sites is 1. The summed E-state index contributed by atoms with van der Waals surface area (Å²) >= 11 is 0. The lowest BCUT2D eigenvalue weighted by molar-refractivity contribution is 1.14. The van der Waals surface area contributed by atoms with Crippen molar-refractivity contribution < 1.29 is 0 Å². The molecule has 0 saturated carbocycles. The van der Waals surface area contributed by atoms with E-state index < -0.39 is 0 Å². The highest BCUT2D eigenvalue weighted by Crippen LogP contribution is 2.30. The second kappa shape index (κ2) is 10.1. The van der Waals surface area contributed by atoms with E-state index in [1.54, 1.807) is 0 Å². The Kier molecular flexibility index (Phi) is 6.75. The highest BCUT2D eigenvalue weighted by Gasteiger charge is 2.11. The van der Waals surface area contributed by atoms with E-state index >= 15 is 0 Å². The largest absolute Gasteiger partial charge is 0.355 e. The predicted octanol–water partition coefficient (Wildman–Crippen LogP) is 8.36. The Morgan fingerprint density at radius 2 is 1.76 bits per heavy atom. The highest BCUT2D eigenvalue weighted by molar-refractivity contribution is 5.91. The second-order valence-corrected chi connectivity index (χ2v) is 8.04. The van der Waals surface area contributed by atoms with Crippen molar-refractivity contribution in [1.82, 2.24) is 4.98 Å². The molecule has 0 unspecified atom stereocenters. The van der Waals surface area contributed by atoms with Crippen molar-refractivity contribution in [2.24, 2.45) is 0 Å². The molecule has 0 saturated heterocycles. The molecule has 1 aromatic heterocycles. The van der Waals surface area contributed by atoms with Gasteiger partial charge in [-0.2, -0.15) is 0 Å². The predicted molar refractivity (Wildman–Crippen MR) is 145 cm³/mol. The van der Waals surface area contributed by atoms with Crippen LogP contribution in [0.1, 0.15) is 30.7 Å². The number of hydrogen-bond donors (Lipinski definition) is 1. The van der Waals surface area contributed by atoms with E-state index in [1.165, 1.54) is 16.6 Å². The number of allylic oxidation sites excluding steroid dienone is 9. The quantitative estimate of drug-likeness (QED) is 0.440. The molecule has 0 atom stereocenters. The lowest BCUT2D eigenvalue weighted by Crippen LogP contribution is -2.06. The van der Waals surface area contributed by atoms with Crippen LogP contribution in [0.4, 0.5) is 5.69 Å². The zero-order chi connectivity index (χ0) is 23.2. The molecule has 1 N–H and O–H groups in total. The van der Waals surface area contributed by atoms with E-state index in [0.29, 0.717) is 0 Å². The van der Waals surface area contributed by atoms with Crippen molar-refractivity contribution in [2.45, 2.75) is 20.3 Å². The SMILES string of the molecule is C=C1/C=C\C=C/N(c2ccccc2)/C=C\C(c2ccc3[nH]c(/C=C\C)c(CC)c3c2)=C/C1=C. The summed E-state index contributed by atoms with van der Waals surface area (Å²) in [6.07, 6.45) is 19.6. The maximum absolute atomic E-state index is 4.26. The number of aromatic amines is 1. The maximum atomic E-state index is 4.26. The van der Waals surface area contributed by atoms with Crippen molar-refractivity contribution in [2.75, 3.05) is 4.90 Å². The topological polar surface area (TPSA) is 19.0 Å². The molecular weight excluding hydrogens is 400 g/mol. The number of benzene rings is 2. The fourth-order valence-corrected chi connectivity index (χ4v) is 4.05. The lowest BCUT2D eigenvalue weighted by atomic mass is 9.97. The Morgan fingerprint density at radius 1 is 0.939 bits per heavy atom. The number of aromatic nitrogens is 1. The molecule has 4 rings (SSSR count). The van der Waals surface area contributed by atoms with Crippen LogP contribution in [-0.4, -0.2) is 4.98 Å². The van der Waals surface area contributed by atoms with Crippen molar-refractivity contribution in [1.29, 1.82) is 0 Å². The van der Waals surface area contributed by atoms with Crippen molar-refractivity contribution >= 4 is 28.2 Å². The summed E-state index contributed by atoms with van der Waals surface area (Å²) in [5.74, 6) is 0. The monoisotopic (exact) mass is 430 g/mol. The standard InChI is InChI=1S/C31H30N2/c1-5-12-30-28(6-2)29-22-25(16-17-31(29)32-30)26-18-20-33(27-14-8-7-9-15-27)19-11-10-13-23(3)24(4)21-26/h5,7-22,32H,3-4,6H2,1-2H3/b12-5-,13-10-,19-11-,20-18-,26-21+. The fraction of sp³-hybridized carbons (Fsp3) is 0.0968. The minimum absolute atomic E-state index is 0.894. The number of rotatable bonds is 4. The third kappa shape index (κ3) is 4.91. The van der Waals surface area contributed by atoms with Gasteiger partial charge in [-0.25, -0.2) is 0 Å². The Hall–Kier alpha value is -4.04. The maximum Gasteiger partial charge on any atom is 0.0461 e. The number of anilines is 1. The van der Waals surface area contributed by atoms with Crippen LogP contribution < -0.4 is 4.90 Å². The summed E-state index contributed by atoms with van der Waals surface area (Å²) in [6, 6.07) is 16.9. The van der Waals surface area contributed by atoms with Crippen LogP contribution in [0.25, 0.3) is 22.6 Å². The van der Waals surface area contributed by atoms with Gasteiger partial charge in [0.05, 0.1) is 0 Å². The minimum Gasteiger partial charge on any atom is -0.355 e. The van der Waals surface area contributed by atoms with Gasteiger partial charge < -0.3 is 9.88 Å². The molecule has 0 bridgehead atoms. The Bertz CT molecular complexity index is 1320. The van der Waals surface area contributed by atoms with Crippen LogP contribution >= 0.6 is 0 Å². The third-order valence-corrected chi connectivity index (χ3v) is 5.83. The van der Waals surface area contributed by atoms with Gasteiger partial charge in [0, 0.05) is 34.7 Å². The molecule has 33 heavy (non-hydrogen) atoms. The van der Waals surface area contributed by atoms with Crippen LogP contribution in [0.3, 0.4) is 0 Å². The summed E-state index contributed by atoms with van der Waals surface area (Å²) in [7, 11) is 0. The number of nitrogens with zero attached hydrogens (tertiary/aromatic N) is 1. The van der Waals surface area contributed by atoms with E-state index in [0.717, 1.165) is 39.9 Å². The first kappa shape index (κ1) is 22.2. The van der Waals surface area contributed by atoms with E-state index in [4.69, 9.17) is 0 Å². The van der Waals surface area contributed by atoms with Crippen molar-refractivity contribution in [3.05, 3.63) is 139 Å². The van der Waals surface area contributed by atoms with Crippen LogP contribution in [0.2, 0.25) is 0 Å². The van der Waals surface area contributed by atoms with E-state index in [1.807, 2.05) is 36.4 Å². The molecule has 3 aromatic rings. The molecule has 0 aliphatic carbocycles. The van der Waals surface area contributed by atoms with Gasteiger partial charge in [0.2, 0.25) is 0 Å². The Morgan fingerprint density at radius 3 is 2.52 bits per heavy atom. The molecule has 2 aromatic carbocycles. The third-order valence-electron chi connectivity index (χ3n) is 5.83. The van der Waals surface area contributed by atoms with Crippen LogP contribution in [0.5, 0.6) is 0 Å². The number of H-pyrrole nitrogens is 1. The van der Waals surface area contributed by atoms with Crippen molar-refractivity contribution in [3.63, 3.8) is 0 Å². The van der Waals surface area contributed by atoms with Crippen LogP contribution in [-0.2, 0) is 6.42 Å². The average molecular weight is 431 g/mol. The van der Waals surface area contributed by atoms with Gasteiger partial charge >= 0.3 is 0 Å². The Labute approximate surface area is 197 Å². The normalized spacial score (nSPS) is 19.3. The fourth-order valence-electron chi connectivity index (χ4n) is 4.05.